The molecule has 0 unspecified atom stereocenters. The fourth-order valence-electron chi connectivity index (χ4n) is 3.72. The van der Waals surface area contributed by atoms with Crippen molar-refractivity contribution in [2.75, 3.05) is 44.6 Å². The molecular weight excluding hydrogens is 352 g/mol. The van der Waals surface area contributed by atoms with Gasteiger partial charge in [-0.3, -0.25) is 9.69 Å². The average Bonchev–Trinajstić information content (AvgIpc) is 2.73. The summed E-state index contributed by atoms with van der Waals surface area (Å²) in [5.74, 6) is 0.0297. The van der Waals surface area contributed by atoms with Crippen LogP contribution in [0, 0.1) is 5.92 Å². The molecule has 0 aromatic heterocycles. The molecule has 1 aromatic rings. The van der Waals surface area contributed by atoms with E-state index >= 15 is 0 Å². The first-order chi connectivity index (χ1) is 13.5. The van der Waals surface area contributed by atoms with Crippen molar-refractivity contribution in [2.45, 2.75) is 47.1 Å². The van der Waals surface area contributed by atoms with Gasteiger partial charge in [0, 0.05) is 44.3 Å². The first-order valence-corrected chi connectivity index (χ1v) is 10.7. The molecule has 1 saturated heterocycles. The topological polar surface area (TPSA) is 55.9 Å². The number of nitrogens with one attached hydrogen (secondary N) is 1. The molecule has 0 radical (unpaired) electrons. The van der Waals surface area contributed by atoms with Crippen molar-refractivity contribution >= 4 is 17.6 Å². The Bertz CT molecular complexity index is 633. The van der Waals surface area contributed by atoms with Gasteiger partial charge in [-0.15, -0.1) is 0 Å². The van der Waals surface area contributed by atoms with Crippen molar-refractivity contribution in [3.8, 4) is 0 Å². The molecule has 1 aliphatic heterocycles. The largest absolute Gasteiger partial charge is 0.326 e. The SMILES string of the molecule is CCN(CC)Cc1cccc(NC(=O)C2CCN(C(=O)N(CC)CC)CC2)c1. The molecule has 156 valence electrons. The Hall–Kier alpha value is -2.08. The van der Waals surface area contributed by atoms with Crippen LogP contribution in [-0.2, 0) is 11.3 Å². The predicted octanol–water partition coefficient (Wildman–Crippen LogP) is 3.64. The van der Waals surface area contributed by atoms with Crippen molar-refractivity contribution in [3.05, 3.63) is 29.8 Å². The Morgan fingerprint density at radius 1 is 1.04 bits per heavy atom. The second kappa shape index (κ2) is 11.1. The van der Waals surface area contributed by atoms with E-state index < -0.39 is 0 Å². The number of urea groups is 1. The molecule has 3 amide bonds. The molecule has 1 aromatic carbocycles. The number of nitrogens with zero attached hydrogens (tertiary/aromatic N) is 3. The Morgan fingerprint density at radius 2 is 1.68 bits per heavy atom. The van der Waals surface area contributed by atoms with Crippen LogP contribution in [0.1, 0.15) is 46.1 Å². The van der Waals surface area contributed by atoms with Gasteiger partial charge in [-0.25, -0.2) is 4.79 Å². The third kappa shape index (κ3) is 5.96. The summed E-state index contributed by atoms with van der Waals surface area (Å²) >= 11 is 0. The first kappa shape index (κ1) is 22.2. The fraction of sp³-hybridized carbons (Fsp3) is 0.636. The highest BCUT2D eigenvalue weighted by Gasteiger charge is 2.28. The maximum Gasteiger partial charge on any atom is 0.319 e. The van der Waals surface area contributed by atoms with Crippen LogP contribution in [0.4, 0.5) is 10.5 Å². The van der Waals surface area contributed by atoms with Crippen LogP contribution in [0.15, 0.2) is 24.3 Å². The van der Waals surface area contributed by atoms with E-state index in [1.54, 1.807) is 0 Å². The summed E-state index contributed by atoms with van der Waals surface area (Å²) < 4.78 is 0. The highest BCUT2D eigenvalue weighted by Crippen LogP contribution is 2.21. The second-order valence-corrected chi connectivity index (χ2v) is 7.37. The van der Waals surface area contributed by atoms with E-state index in [-0.39, 0.29) is 17.9 Å². The van der Waals surface area contributed by atoms with Crippen LogP contribution in [0.3, 0.4) is 0 Å². The van der Waals surface area contributed by atoms with Crippen LogP contribution in [-0.4, -0.2) is 65.9 Å². The van der Waals surface area contributed by atoms with Gasteiger partial charge < -0.3 is 15.1 Å². The standard InChI is InChI=1S/C22H36N4O2/c1-5-24(6-2)17-18-10-9-11-20(16-18)23-21(27)19-12-14-26(15-13-19)22(28)25(7-3)8-4/h9-11,16,19H,5-8,12-15,17H2,1-4H3,(H,23,27). The lowest BCUT2D eigenvalue weighted by Crippen LogP contribution is -2.47. The minimum Gasteiger partial charge on any atom is -0.326 e. The van der Waals surface area contributed by atoms with E-state index in [4.69, 9.17) is 0 Å². The van der Waals surface area contributed by atoms with E-state index in [2.05, 4.69) is 36.2 Å². The smallest absolute Gasteiger partial charge is 0.319 e. The van der Waals surface area contributed by atoms with Gasteiger partial charge >= 0.3 is 6.03 Å². The monoisotopic (exact) mass is 388 g/mol. The van der Waals surface area contributed by atoms with Gasteiger partial charge in [0.15, 0.2) is 0 Å². The summed E-state index contributed by atoms with van der Waals surface area (Å²) in [7, 11) is 0. The molecule has 1 N–H and O–H groups in total. The lowest BCUT2D eigenvalue weighted by molar-refractivity contribution is -0.121. The molecular formula is C22H36N4O2. The molecule has 6 nitrogen and oxygen atoms in total. The molecule has 0 aliphatic carbocycles. The maximum atomic E-state index is 12.7. The van der Waals surface area contributed by atoms with Gasteiger partial charge in [0.2, 0.25) is 5.91 Å². The summed E-state index contributed by atoms with van der Waals surface area (Å²) in [4.78, 5) is 31.2. The molecule has 1 aliphatic rings. The lowest BCUT2D eigenvalue weighted by atomic mass is 9.96. The number of piperidine rings is 1. The fourth-order valence-corrected chi connectivity index (χ4v) is 3.72. The quantitative estimate of drug-likeness (QED) is 0.740. The van der Waals surface area contributed by atoms with Crippen LogP contribution in [0.25, 0.3) is 0 Å². The minimum atomic E-state index is -0.0350. The summed E-state index contributed by atoms with van der Waals surface area (Å²) in [5, 5.41) is 3.08. The van der Waals surface area contributed by atoms with E-state index in [9.17, 15) is 9.59 Å². The second-order valence-electron chi connectivity index (χ2n) is 7.37. The minimum absolute atomic E-state index is 0.0350. The van der Waals surface area contributed by atoms with Gasteiger partial charge in [0.1, 0.15) is 0 Å². The van der Waals surface area contributed by atoms with Crippen LogP contribution in [0.2, 0.25) is 0 Å². The summed E-state index contributed by atoms with van der Waals surface area (Å²) in [5.41, 5.74) is 2.07. The molecule has 0 spiro atoms. The van der Waals surface area contributed by atoms with Crippen molar-refractivity contribution in [1.29, 1.82) is 0 Å². The number of carbonyl (C=O) groups is 2. The van der Waals surface area contributed by atoms with Crippen LogP contribution < -0.4 is 5.32 Å². The van der Waals surface area contributed by atoms with E-state index in [1.807, 2.05) is 35.8 Å². The molecule has 1 fully saturated rings. The number of anilines is 1. The van der Waals surface area contributed by atoms with E-state index in [0.717, 1.165) is 51.3 Å². The van der Waals surface area contributed by atoms with Gasteiger partial charge in [-0.1, -0.05) is 26.0 Å². The highest BCUT2D eigenvalue weighted by atomic mass is 16.2. The number of carbonyl (C=O) groups excluding carboxylic acids is 2. The number of hydrogen-bond acceptors (Lipinski definition) is 3. The molecule has 2 rings (SSSR count). The van der Waals surface area contributed by atoms with Crippen LogP contribution in [0.5, 0.6) is 0 Å². The van der Waals surface area contributed by atoms with Gasteiger partial charge in [0.25, 0.3) is 0 Å². The van der Waals surface area contributed by atoms with Gasteiger partial charge in [-0.2, -0.15) is 0 Å². The number of rotatable bonds is 8. The van der Waals surface area contributed by atoms with Crippen molar-refractivity contribution in [1.82, 2.24) is 14.7 Å². The van der Waals surface area contributed by atoms with Crippen molar-refractivity contribution in [2.24, 2.45) is 5.92 Å². The molecule has 28 heavy (non-hydrogen) atoms. The predicted molar refractivity (Wildman–Crippen MR) is 114 cm³/mol. The Labute approximate surface area is 169 Å². The van der Waals surface area contributed by atoms with E-state index in [0.29, 0.717) is 13.1 Å². The number of amides is 3. The average molecular weight is 389 g/mol. The normalized spacial score (nSPS) is 15.0. The third-order valence-corrected chi connectivity index (χ3v) is 5.67. The van der Waals surface area contributed by atoms with Crippen LogP contribution >= 0.6 is 0 Å². The molecule has 1 heterocycles. The first-order valence-electron chi connectivity index (χ1n) is 10.7. The zero-order chi connectivity index (χ0) is 20.5. The number of hydrogen-bond donors (Lipinski definition) is 1. The Morgan fingerprint density at radius 3 is 2.25 bits per heavy atom. The molecule has 0 saturated carbocycles. The Kier molecular flexibility index (Phi) is 8.77. The maximum absolute atomic E-state index is 12.7. The summed E-state index contributed by atoms with van der Waals surface area (Å²) in [6, 6.07) is 8.20. The third-order valence-electron chi connectivity index (χ3n) is 5.67. The van der Waals surface area contributed by atoms with Gasteiger partial charge in [0.05, 0.1) is 0 Å². The number of likely N-dealkylation sites (tertiary alicyclic amines) is 1. The highest BCUT2D eigenvalue weighted by molar-refractivity contribution is 5.92. The Balaban J connectivity index is 1.88. The zero-order valence-electron chi connectivity index (χ0n) is 17.9. The number of benzene rings is 1. The molecule has 6 heteroatoms. The van der Waals surface area contributed by atoms with Crippen molar-refractivity contribution < 1.29 is 9.59 Å². The lowest BCUT2D eigenvalue weighted by Gasteiger charge is -2.34. The molecule has 0 atom stereocenters. The van der Waals surface area contributed by atoms with E-state index in [1.165, 1.54) is 5.56 Å². The zero-order valence-corrected chi connectivity index (χ0v) is 17.9. The van der Waals surface area contributed by atoms with Gasteiger partial charge in [-0.05, 0) is 57.5 Å². The summed E-state index contributed by atoms with van der Waals surface area (Å²) in [6.07, 6.45) is 1.44. The summed E-state index contributed by atoms with van der Waals surface area (Å²) in [6.45, 7) is 14.0. The molecule has 0 bridgehead atoms. The van der Waals surface area contributed by atoms with Crippen molar-refractivity contribution in [3.63, 3.8) is 0 Å².